The molecule has 3 rings (SSSR count). The lowest BCUT2D eigenvalue weighted by Crippen LogP contribution is -2.40. The van der Waals surface area contributed by atoms with Gasteiger partial charge in [-0.1, -0.05) is 35.0 Å². The molecule has 1 fully saturated rings. The molecule has 0 atom stereocenters. The van der Waals surface area contributed by atoms with E-state index in [0.717, 1.165) is 0 Å². The first-order valence-corrected chi connectivity index (χ1v) is 10.7. The summed E-state index contributed by atoms with van der Waals surface area (Å²) in [6, 6.07) is 11.6. The third-order valence-electron chi connectivity index (χ3n) is 3.77. The van der Waals surface area contributed by atoms with Crippen molar-refractivity contribution in [1.82, 2.24) is 4.31 Å². The number of sulfonamides is 1. The highest BCUT2D eigenvalue weighted by molar-refractivity contribution is 8.00. The van der Waals surface area contributed by atoms with E-state index in [2.05, 4.69) is 0 Å². The Morgan fingerprint density at radius 1 is 1.08 bits per heavy atom. The van der Waals surface area contributed by atoms with Crippen molar-refractivity contribution in [1.29, 1.82) is 5.26 Å². The number of hydrogen-bond acceptors (Lipinski definition) is 5. The van der Waals surface area contributed by atoms with Crippen LogP contribution in [0.5, 0.6) is 0 Å². The van der Waals surface area contributed by atoms with E-state index in [1.54, 1.807) is 30.3 Å². The summed E-state index contributed by atoms with van der Waals surface area (Å²) in [4.78, 5) is 1.21. The summed E-state index contributed by atoms with van der Waals surface area (Å²) in [6.45, 7) is 1.25. The van der Waals surface area contributed by atoms with Crippen molar-refractivity contribution in [2.45, 2.75) is 14.7 Å². The van der Waals surface area contributed by atoms with Crippen LogP contribution in [-0.4, -0.2) is 39.0 Å². The Hall–Kier alpha value is -1.27. The molecule has 5 nitrogen and oxygen atoms in total. The van der Waals surface area contributed by atoms with Crippen LogP contribution in [0.1, 0.15) is 5.56 Å². The predicted octanol–water partition coefficient (Wildman–Crippen LogP) is 4.04. The van der Waals surface area contributed by atoms with Crippen LogP contribution in [0.4, 0.5) is 0 Å². The van der Waals surface area contributed by atoms with Gasteiger partial charge in [0.15, 0.2) is 0 Å². The van der Waals surface area contributed by atoms with Gasteiger partial charge in [-0.05, 0) is 36.4 Å². The highest BCUT2D eigenvalue weighted by Crippen LogP contribution is 2.39. The number of benzene rings is 2. The number of rotatable bonds is 4. The van der Waals surface area contributed by atoms with Gasteiger partial charge >= 0.3 is 0 Å². The fraction of sp³-hybridized carbons (Fsp3) is 0.235. The average molecular weight is 429 g/mol. The van der Waals surface area contributed by atoms with Crippen molar-refractivity contribution in [3.8, 4) is 6.07 Å². The van der Waals surface area contributed by atoms with Crippen LogP contribution in [0.15, 0.2) is 51.1 Å². The molecular weight excluding hydrogens is 415 g/mol. The molecule has 0 amide bonds. The Morgan fingerprint density at radius 3 is 2.50 bits per heavy atom. The van der Waals surface area contributed by atoms with Gasteiger partial charge in [0.05, 0.1) is 34.8 Å². The minimum atomic E-state index is -3.76. The number of morpholine rings is 1. The minimum Gasteiger partial charge on any atom is -0.379 e. The second-order valence-corrected chi connectivity index (χ2v) is 9.30. The van der Waals surface area contributed by atoms with Crippen molar-refractivity contribution < 1.29 is 13.2 Å². The average Bonchev–Trinajstić information content (AvgIpc) is 2.65. The maximum atomic E-state index is 13.1. The summed E-state index contributed by atoms with van der Waals surface area (Å²) < 4.78 is 32.8. The lowest BCUT2D eigenvalue weighted by atomic mass is 10.2. The zero-order chi connectivity index (χ0) is 18.7. The van der Waals surface area contributed by atoms with Gasteiger partial charge in [-0.2, -0.15) is 9.57 Å². The Bertz CT molecular complexity index is 968. The van der Waals surface area contributed by atoms with E-state index in [-0.39, 0.29) is 23.5 Å². The molecule has 0 aromatic heterocycles. The molecule has 1 aliphatic rings. The lowest BCUT2D eigenvalue weighted by molar-refractivity contribution is 0.0729. The topological polar surface area (TPSA) is 70.4 Å². The largest absolute Gasteiger partial charge is 0.379 e. The van der Waals surface area contributed by atoms with Gasteiger partial charge in [0.25, 0.3) is 0 Å². The predicted molar refractivity (Wildman–Crippen MR) is 101 cm³/mol. The first kappa shape index (κ1) is 19.5. The highest BCUT2D eigenvalue weighted by atomic mass is 35.5. The van der Waals surface area contributed by atoms with E-state index in [0.29, 0.717) is 33.0 Å². The molecule has 0 N–H and O–H groups in total. The Balaban J connectivity index is 2.06. The number of ether oxygens (including phenoxy) is 1. The molecule has 136 valence electrons. The van der Waals surface area contributed by atoms with Crippen LogP contribution in [-0.2, 0) is 14.8 Å². The second kappa shape index (κ2) is 8.17. The summed E-state index contributed by atoms with van der Waals surface area (Å²) in [5, 5.41) is 10.1. The van der Waals surface area contributed by atoms with Crippen molar-refractivity contribution in [2.24, 2.45) is 0 Å². The van der Waals surface area contributed by atoms with Gasteiger partial charge in [0.2, 0.25) is 10.0 Å². The summed E-state index contributed by atoms with van der Waals surface area (Å²) in [7, 11) is -3.76. The fourth-order valence-electron chi connectivity index (χ4n) is 2.46. The van der Waals surface area contributed by atoms with Crippen molar-refractivity contribution in [2.75, 3.05) is 26.3 Å². The number of nitriles is 1. The molecule has 9 heteroatoms. The van der Waals surface area contributed by atoms with E-state index in [1.807, 2.05) is 6.07 Å². The van der Waals surface area contributed by atoms with Gasteiger partial charge in [-0.25, -0.2) is 8.42 Å². The molecule has 0 spiro atoms. The van der Waals surface area contributed by atoms with Crippen LogP contribution >= 0.6 is 35.0 Å². The first-order valence-electron chi connectivity index (χ1n) is 7.67. The van der Waals surface area contributed by atoms with E-state index in [4.69, 9.17) is 27.9 Å². The number of hydrogen-bond donors (Lipinski definition) is 0. The van der Waals surface area contributed by atoms with Crippen molar-refractivity contribution in [3.63, 3.8) is 0 Å². The maximum absolute atomic E-state index is 13.1. The molecule has 0 unspecified atom stereocenters. The number of halogens is 2. The van der Waals surface area contributed by atoms with Crippen molar-refractivity contribution in [3.05, 3.63) is 52.0 Å². The van der Waals surface area contributed by atoms with E-state index >= 15 is 0 Å². The Morgan fingerprint density at radius 2 is 1.81 bits per heavy atom. The molecule has 1 aliphatic heterocycles. The monoisotopic (exact) mass is 428 g/mol. The van der Waals surface area contributed by atoms with Gasteiger partial charge in [0.1, 0.15) is 0 Å². The maximum Gasteiger partial charge on any atom is 0.244 e. The highest BCUT2D eigenvalue weighted by Gasteiger charge is 2.29. The molecule has 0 radical (unpaired) electrons. The zero-order valence-electron chi connectivity index (χ0n) is 13.5. The quantitative estimate of drug-likeness (QED) is 0.734. The van der Waals surface area contributed by atoms with E-state index in [9.17, 15) is 13.7 Å². The summed E-state index contributed by atoms with van der Waals surface area (Å²) in [5.74, 6) is 0. The zero-order valence-corrected chi connectivity index (χ0v) is 16.6. The summed E-state index contributed by atoms with van der Waals surface area (Å²) in [6.07, 6.45) is 0. The van der Waals surface area contributed by atoms with E-state index in [1.165, 1.54) is 22.1 Å². The molecule has 0 bridgehead atoms. The third-order valence-corrected chi connectivity index (χ3v) is 7.65. The van der Waals surface area contributed by atoms with Gasteiger partial charge < -0.3 is 4.74 Å². The minimum absolute atomic E-state index is 0.0829. The van der Waals surface area contributed by atoms with E-state index < -0.39 is 10.0 Å². The van der Waals surface area contributed by atoms with Gasteiger partial charge in [-0.15, -0.1) is 0 Å². The molecule has 26 heavy (non-hydrogen) atoms. The summed E-state index contributed by atoms with van der Waals surface area (Å²) >= 11 is 13.4. The SMILES string of the molecule is N#Cc1ccc(Sc2cc(Cl)ccc2Cl)c(S(=O)(=O)N2CCOCC2)c1. The molecule has 2 aromatic carbocycles. The molecule has 1 saturated heterocycles. The third kappa shape index (κ3) is 4.17. The Labute approximate surface area is 166 Å². The lowest BCUT2D eigenvalue weighted by Gasteiger charge is -2.27. The second-order valence-electron chi connectivity index (χ2n) is 5.47. The van der Waals surface area contributed by atoms with Crippen LogP contribution in [0.3, 0.4) is 0 Å². The standard InChI is InChI=1S/C17H14Cl2N2O3S2/c18-13-2-3-14(19)16(10-13)25-15-4-1-12(11-20)9-17(15)26(22,23)21-5-7-24-8-6-21/h1-4,9-10H,5-8H2. The molecule has 2 aromatic rings. The Kier molecular flexibility index (Phi) is 6.13. The van der Waals surface area contributed by atoms with Gasteiger partial charge in [-0.3, -0.25) is 0 Å². The molecular formula is C17H14Cl2N2O3S2. The van der Waals surface area contributed by atoms with Crippen LogP contribution in [0.2, 0.25) is 10.0 Å². The molecule has 0 aliphatic carbocycles. The van der Waals surface area contributed by atoms with Gasteiger partial charge in [0, 0.05) is 27.9 Å². The van der Waals surface area contributed by atoms with Crippen LogP contribution in [0, 0.1) is 11.3 Å². The molecule has 1 heterocycles. The fourth-order valence-corrected chi connectivity index (χ4v) is 5.76. The molecule has 0 saturated carbocycles. The normalized spacial score (nSPS) is 15.6. The van der Waals surface area contributed by atoms with Crippen molar-refractivity contribution >= 4 is 45.0 Å². The first-order chi connectivity index (χ1) is 12.4. The van der Waals surface area contributed by atoms with Crippen LogP contribution in [0.25, 0.3) is 0 Å². The van der Waals surface area contributed by atoms with Crippen LogP contribution < -0.4 is 0 Å². The smallest absolute Gasteiger partial charge is 0.244 e. The summed E-state index contributed by atoms with van der Waals surface area (Å²) in [5.41, 5.74) is 0.276. The number of nitrogens with zero attached hydrogens (tertiary/aromatic N) is 2.